The monoisotopic (exact) mass is 429 g/mol. The van der Waals surface area contributed by atoms with E-state index in [2.05, 4.69) is 10.2 Å². The molecule has 0 amide bonds. The second kappa shape index (κ2) is 10.2. The molecule has 3 atom stereocenters. The highest BCUT2D eigenvalue weighted by Gasteiger charge is 2.26. The van der Waals surface area contributed by atoms with E-state index in [9.17, 15) is 14.7 Å². The third-order valence-corrected chi connectivity index (χ3v) is 6.56. The van der Waals surface area contributed by atoms with Crippen molar-refractivity contribution in [3.05, 3.63) is 52.1 Å². The summed E-state index contributed by atoms with van der Waals surface area (Å²) in [5.74, 6) is 0.402. The molecule has 1 heterocycles. The lowest BCUT2D eigenvalue weighted by atomic mass is 10.1. The zero-order valence-electron chi connectivity index (χ0n) is 16.1. The molecule has 0 bridgehead atoms. The van der Waals surface area contributed by atoms with Gasteiger partial charge in [0.15, 0.2) is 0 Å². The number of nitrogens with one attached hydrogen (secondary N) is 2. The number of alkyl halides is 1. The van der Waals surface area contributed by atoms with Crippen LogP contribution in [0.25, 0.3) is 11.3 Å². The first-order chi connectivity index (χ1) is 13.3. The molecule has 28 heavy (non-hydrogen) atoms. The fourth-order valence-electron chi connectivity index (χ4n) is 2.33. The fraction of sp³-hybridized carbons (Fsp3) is 0.444. The first-order valence-electron chi connectivity index (χ1n) is 8.96. The quantitative estimate of drug-likeness (QED) is 0.222. The third-order valence-electron chi connectivity index (χ3n) is 4.05. The summed E-state index contributed by atoms with van der Waals surface area (Å²) in [6.45, 7) is 5.88. The van der Waals surface area contributed by atoms with Gasteiger partial charge in [0.25, 0.3) is 0 Å². The predicted octanol–water partition coefficient (Wildman–Crippen LogP) is 5.08. The van der Waals surface area contributed by atoms with Crippen LogP contribution in [0.5, 0.6) is 0 Å². The Morgan fingerprint density at radius 2 is 1.82 bits per heavy atom. The van der Waals surface area contributed by atoms with Gasteiger partial charge in [-0.15, -0.1) is 11.6 Å². The Labute approximate surface area is 169 Å². The molecule has 1 unspecified atom stereocenters. The molecule has 0 aliphatic rings. The van der Waals surface area contributed by atoms with E-state index < -0.39 is 12.6 Å². The topological polar surface area (TPSA) is 107 Å². The molecule has 0 saturated carbocycles. The maximum absolute atomic E-state index is 13.1. The van der Waals surface area contributed by atoms with E-state index in [1.54, 1.807) is 30.3 Å². The van der Waals surface area contributed by atoms with Crippen LogP contribution in [0.2, 0.25) is 0 Å². The van der Waals surface area contributed by atoms with Crippen molar-refractivity contribution in [2.24, 2.45) is 0 Å². The van der Waals surface area contributed by atoms with E-state index in [4.69, 9.17) is 20.5 Å². The van der Waals surface area contributed by atoms with E-state index in [1.807, 2.05) is 20.8 Å². The number of nitro groups is 1. The zero-order valence-corrected chi connectivity index (χ0v) is 17.7. The summed E-state index contributed by atoms with van der Waals surface area (Å²) in [5, 5.41) is 16.7. The fourth-order valence-corrected chi connectivity index (χ4v) is 4.50. The molecule has 1 aromatic heterocycles. The van der Waals surface area contributed by atoms with Gasteiger partial charge in [-0.05, 0) is 31.9 Å². The molecule has 2 N–H and O–H groups in total. The van der Waals surface area contributed by atoms with Gasteiger partial charge in [0.1, 0.15) is 10.7 Å². The van der Waals surface area contributed by atoms with Crippen molar-refractivity contribution in [3.63, 3.8) is 0 Å². The van der Waals surface area contributed by atoms with Crippen LogP contribution in [-0.2, 0) is 15.7 Å². The van der Waals surface area contributed by atoms with E-state index in [1.165, 1.54) is 6.07 Å². The molecule has 8 nitrogen and oxygen atoms in total. The number of nitrogens with zero attached hydrogens (tertiary/aromatic N) is 1. The summed E-state index contributed by atoms with van der Waals surface area (Å²) < 4.78 is 24.0. The van der Waals surface area contributed by atoms with E-state index in [0.717, 1.165) is 12.0 Å². The molecule has 154 valence electrons. The van der Waals surface area contributed by atoms with Crippen LogP contribution < -0.4 is 10.2 Å². The lowest BCUT2D eigenvalue weighted by molar-refractivity contribution is -0.401. The summed E-state index contributed by atoms with van der Waals surface area (Å²) in [6, 6.07) is 9.81. The molecule has 0 spiro atoms. The minimum absolute atomic E-state index is 0.0120. The van der Waals surface area contributed by atoms with Crippen LogP contribution >= 0.6 is 19.3 Å². The molecule has 0 radical (unpaired) electrons. The van der Waals surface area contributed by atoms with Crippen LogP contribution in [0, 0.1) is 10.1 Å². The largest absolute Gasteiger partial charge is 0.433 e. The van der Waals surface area contributed by atoms with Crippen LogP contribution in [0.1, 0.15) is 32.8 Å². The third kappa shape index (κ3) is 6.43. The molecule has 0 saturated heterocycles. The predicted molar refractivity (Wildman–Crippen MR) is 109 cm³/mol. The minimum Gasteiger partial charge on any atom is -0.401 e. The van der Waals surface area contributed by atoms with Gasteiger partial charge in [0.2, 0.25) is 0 Å². The van der Waals surface area contributed by atoms with Gasteiger partial charge in [-0.1, -0.05) is 31.2 Å². The van der Waals surface area contributed by atoms with Gasteiger partial charge in [0, 0.05) is 23.5 Å². The van der Waals surface area contributed by atoms with Crippen molar-refractivity contribution in [1.29, 1.82) is 0 Å². The maximum atomic E-state index is 13.1. The number of rotatable bonds is 11. The summed E-state index contributed by atoms with van der Waals surface area (Å²) in [6.07, 6.45) is 0.800. The molecule has 0 aliphatic heterocycles. The van der Waals surface area contributed by atoms with E-state index in [-0.39, 0.29) is 24.6 Å². The molecule has 0 aliphatic carbocycles. The van der Waals surface area contributed by atoms with Gasteiger partial charge in [-0.2, -0.15) is 0 Å². The van der Waals surface area contributed by atoms with Crippen molar-refractivity contribution in [2.45, 2.75) is 45.9 Å². The molecule has 1 aromatic carbocycles. The second-order valence-corrected chi connectivity index (χ2v) is 8.73. The average Bonchev–Trinajstić information content (AvgIpc) is 3.17. The highest BCUT2D eigenvalue weighted by Crippen LogP contribution is 2.40. The SMILES string of the molecule is CC[C@@H](C)NP(=O)(N[C@H](C)CCl)OCc1ccc(-c2ccc([N+](=O)[O-])o2)cc1. The number of hydrogen-bond acceptors (Lipinski definition) is 5. The molecule has 0 fully saturated rings. The normalized spacial score (nSPS) is 15.7. The smallest absolute Gasteiger partial charge is 0.401 e. The Kier molecular flexibility index (Phi) is 8.22. The van der Waals surface area contributed by atoms with Crippen molar-refractivity contribution in [3.8, 4) is 11.3 Å². The van der Waals surface area contributed by atoms with Gasteiger partial charge < -0.3 is 8.94 Å². The van der Waals surface area contributed by atoms with Crippen molar-refractivity contribution in [2.75, 3.05) is 5.88 Å². The Bertz CT molecular complexity index is 811. The number of halogens is 1. The highest BCUT2D eigenvalue weighted by molar-refractivity contribution is 7.54. The average molecular weight is 430 g/mol. The van der Waals surface area contributed by atoms with Crippen LogP contribution in [0.4, 0.5) is 5.88 Å². The molecule has 10 heteroatoms. The Balaban J connectivity index is 2.06. The summed E-state index contributed by atoms with van der Waals surface area (Å²) >= 11 is 5.82. The van der Waals surface area contributed by atoms with Crippen LogP contribution in [0.15, 0.2) is 40.8 Å². The Hall–Kier alpha value is -1.70. The lowest BCUT2D eigenvalue weighted by Crippen LogP contribution is -2.35. The first-order valence-corrected chi connectivity index (χ1v) is 11.1. The van der Waals surface area contributed by atoms with Gasteiger partial charge >= 0.3 is 13.6 Å². The molecule has 2 rings (SSSR count). The van der Waals surface area contributed by atoms with Crippen molar-refractivity contribution < 1.29 is 18.4 Å². The van der Waals surface area contributed by atoms with E-state index >= 15 is 0 Å². The summed E-state index contributed by atoms with van der Waals surface area (Å²) in [4.78, 5) is 10.1. The Morgan fingerprint density at radius 1 is 1.18 bits per heavy atom. The minimum atomic E-state index is -3.29. The standard InChI is InChI=1S/C18H25ClN3O5P/c1-4-13(2)20-28(25,21-14(3)11-19)26-12-15-5-7-16(8-6-15)17-9-10-18(27-17)22(23)24/h5-10,13-14H,4,11-12H2,1-3H3,(H2,20,21,25)/t13-,14-,28?/m1/s1. The van der Waals surface area contributed by atoms with Crippen molar-refractivity contribution >= 4 is 25.2 Å². The molecular formula is C18H25ClN3O5P. The van der Waals surface area contributed by atoms with Crippen LogP contribution in [-0.4, -0.2) is 22.9 Å². The van der Waals surface area contributed by atoms with Gasteiger partial charge in [0.05, 0.1) is 12.7 Å². The van der Waals surface area contributed by atoms with Crippen molar-refractivity contribution in [1.82, 2.24) is 10.2 Å². The first kappa shape index (κ1) is 22.6. The van der Waals surface area contributed by atoms with E-state index in [0.29, 0.717) is 17.2 Å². The lowest BCUT2D eigenvalue weighted by Gasteiger charge is -2.26. The molecular weight excluding hydrogens is 405 g/mol. The molecule has 2 aromatic rings. The van der Waals surface area contributed by atoms with Gasteiger partial charge in [-0.25, -0.2) is 10.2 Å². The second-order valence-electron chi connectivity index (χ2n) is 6.54. The summed E-state index contributed by atoms with van der Waals surface area (Å²) in [5.41, 5.74) is 1.50. The Morgan fingerprint density at radius 3 is 2.36 bits per heavy atom. The van der Waals surface area contributed by atoms with Gasteiger partial charge in [-0.3, -0.25) is 14.7 Å². The maximum Gasteiger partial charge on any atom is 0.433 e. The summed E-state index contributed by atoms with van der Waals surface area (Å²) in [7, 11) is -3.29. The number of hydrogen-bond donors (Lipinski definition) is 2. The number of benzene rings is 1. The van der Waals surface area contributed by atoms with Crippen LogP contribution in [0.3, 0.4) is 0 Å². The highest BCUT2D eigenvalue weighted by atomic mass is 35.5. The zero-order chi connectivity index (χ0) is 20.7. The number of furan rings is 1.